The van der Waals surface area contributed by atoms with Gasteiger partial charge >= 0.3 is 0 Å². The summed E-state index contributed by atoms with van der Waals surface area (Å²) in [5.41, 5.74) is 1.44. The fourth-order valence-electron chi connectivity index (χ4n) is 5.00. The minimum Gasteiger partial charge on any atom is -0.492 e. The van der Waals surface area contributed by atoms with Gasteiger partial charge in [0.25, 0.3) is 10.0 Å². The summed E-state index contributed by atoms with van der Waals surface area (Å²) in [5, 5.41) is 4.70. The minimum atomic E-state index is -3.67. The maximum Gasteiger partial charge on any atom is 0.265 e. The van der Waals surface area contributed by atoms with E-state index in [9.17, 15) is 8.42 Å². The minimum absolute atomic E-state index is 0.186. The summed E-state index contributed by atoms with van der Waals surface area (Å²) in [4.78, 5) is 0.336. The molecule has 0 N–H and O–H groups in total. The number of hydrogen-bond acceptors (Lipinski definition) is 4. The van der Waals surface area contributed by atoms with Crippen molar-refractivity contribution in [3.8, 4) is 5.75 Å². The Morgan fingerprint density at radius 1 is 1.11 bits per heavy atom. The van der Waals surface area contributed by atoms with Crippen molar-refractivity contribution in [2.75, 3.05) is 17.5 Å². The van der Waals surface area contributed by atoms with Crippen molar-refractivity contribution < 1.29 is 13.2 Å². The van der Waals surface area contributed by atoms with Crippen LogP contribution in [0, 0.1) is 6.92 Å². The zero-order valence-electron chi connectivity index (χ0n) is 16.7. The van der Waals surface area contributed by atoms with E-state index in [4.69, 9.17) is 9.84 Å². The number of ether oxygens (including phenoxy) is 1. The highest BCUT2D eigenvalue weighted by Crippen LogP contribution is 2.46. The highest BCUT2D eigenvalue weighted by molar-refractivity contribution is 7.92. The van der Waals surface area contributed by atoms with Crippen LogP contribution in [0.4, 0.5) is 5.82 Å². The molecule has 3 aliphatic rings. The first-order valence-corrected chi connectivity index (χ1v) is 11.5. The first-order valence-electron chi connectivity index (χ1n) is 10.1. The van der Waals surface area contributed by atoms with E-state index >= 15 is 0 Å². The molecule has 3 heterocycles. The summed E-state index contributed by atoms with van der Waals surface area (Å²) >= 11 is 0. The highest BCUT2D eigenvalue weighted by Gasteiger charge is 2.48. The van der Waals surface area contributed by atoms with E-state index in [0.717, 1.165) is 42.7 Å². The number of anilines is 1. The molecule has 28 heavy (non-hydrogen) atoms. The molecule has 6 nitrogen and oxygen atoms in total. The normalized spacial score (nSPS) is 22.2. The third kappa shape index (κ3) is 2.44. The zero-order valence-corrected chi connectivity index (χ0v) is 17.6. The predicted molar refractivity (Wildman–Crippen MR) is 108 cm³/mol. The first kappa shape index (κ1) is 18.0. The van der Waals surface area contributed by atoms with Crippen LogP contribution < -0.4 is 9.04 Å². The molecule has 0 saturated heterocycles. The third-order valence-corrected chi connectivity index (χ3v) is 8.34. The number of aromatic nitrogens is 2. The van der Waals surface area contributed by atoms with Gasteiger partial charge in [0.1, 0.15) is 11.6 Å². The molecule has 0 unspecified atom stereocenters. The number of aryl methyl sites for hydroxylation is 1. The molecule has 0 atom stereocenters. The summed E-state index contributed by atoms with van der Waals surface area (Å²) in [6, 6.07) is 7.18. The molecule has 2 aromatic rings. The van der Waals surface area contributed by atoms with E-state index in [1.165, 1.54) is 6.42 Å². The molecule has 1 spiro atoms. The Kier molecular flexibility index (Phi) is 3.70. The van der Waals surface area contributed by atoms with Gasteiger partial charge in [-0.25, -0.2) is 17.4 Å². The molecule has 1 aromatic carbocycles. The van der Waals surface area contributed by atoms with Crippen LogP contribution >= 0.6 is 0 Å². The second-order valence-corrected chi connectivity index (χ2v) is 11.0. The van der Waals surface area contributed by atoms with E-state index in [-0.39, 0.29) is 11.0 Å². The van der Waals surface area contributed by atoms with Crippen LogP contribution in [0.1, 0.15) is 57.2 Å². The molecule has 0 radical (unpaired) electrons. The number of rotatable bonds is 2. The fraction of sp³-hybridized carbons (Fsp3) is 0.571. The maximum atomic E-state index is 13.7. The Balaban J connectivity index is 1.59. The fourth-order valence-corrected chi connectivity index (χ4v) is 6.55. The highest BCUT2D eigenvalue weighted by atomic mass is 32.2. The van der Waals surface area contributed by atoms with Gasteiger partial charge in [-0.05, 0) is 38.0 Å². The lowest BCUT2D eigenvalue weighted by atomic mass is 9.82. The standard InChI is InChI=1S/C21H27N3O3S/c1-15-11-19-23(13-21(24(19)22-15)9-5-4-6-10-21)28(25,26)16-7-8-18-17(12-16)20(2,3)14-27-18/h7-8,11-12H,4-6,9-10,13-14H2,1-3H3. The van der Waals surface area contributed by atoms with E-state index in [1.807, 2.05) is 17.7 Å². The van der Waals surface area contributed by atoms with Crippen molar-refractivity contribution >= 4 is 15.8 Å². The van der Waals surface area contributed by atoms with Gasteiger partial charge in [0.15, 0.2) is 0 Å². The van der Waals surface area contributed by atoms with Gasteiger partial charge in [-0.15, -0.1) is 0 Å². The van der Waals surface area contributed by atoms with Crippen LogP contribution in [0.5, 0.6) is 5.75 Å². The third-order valence-electron chi connectivity index (χ3n) is 6.60. The topological polar surface area (TPSA) is 64.4 Å². The lowest BCUT2D eigenvalue weighted by molar-refractivity contribution is 0.206. The van der Waals surface area contributed by atoms with Gasteiger partial charge in [-0.3, -0.25) is 0 Å². The van der Waals surface area contributed by atoms with E-state index in [0.29, 0.717) is 23.9 Å². The van der Waals surface area contributed by atoms with Gasteiger partial charge in [-0.1, -0.05) is 33.1 Å². The number of hydrogen-bond donors (Lipinski definition) is 0. The summed E-state index contributed by atoms with van der Waals surface area (Å²) in [5.74, 6) is 1.49. The molecule has 1 aromatic heterocycles. The lowest BCUT2D eigenvalue weighted by Crippen LogP contribution is -2.41. The Morgan fingerprint density at radius 3 is 2.61 bits per heavy atom. The molecular weight excluding hydrogens is 374 g/mol. The van der Waals surface area contributed by atoms with Crippen molar-refractivity contribution in [3.05, 3.63) is 35.5 Å². The molecule has 5 rings (SSSR count). The van der Waals surface area contributed by atoms with Crippen LogP contribution in [0.15, 0.2) is 29.2 Å². The van der Waals surface area contributed by atoms with Crippen molar-refractivity contribution in [2.45, 2.75) is 68.7 Å². The van der Waals surface area contributed by atoms with Crippen LogP contribution in [-0.4, -0.2) is 31.3 Å². The van der Waals surface area contributed by atoms with Gasteiger partial charge in [0.2, 0.25) is 0 Å². The summed E-state index contributed by atoms with van der Waals surface area (Å²) in [6.45, 7) is 7.16. The zero-order chi connectivity index (χ0) is 19.7. The number of sulfonamides is 1. The second kappa shape index (κ2) is 5.75. The molecule has 0 amide bonds. The molecule has 0 bridgehead atoms. The summed E-state index contributed by atoms with van der Waals surface area (Å²) in [7, 11) is -3.67. The largest absolute Gasteiger partial charge is 0.492 e. The Bertz CT molecular complexity index is 1050. The molecule has 1 aliphatic carbocycles. The van der Waals surface area contributed by atoms with Gasteiger partial charge in [0.05, 0.1) is 29.3 Å². The number of fused-ring (bicyclic) bond motifs is 3. The molecule has 7 heteroatoms. The summed E-state index contributed by atoms with van der Waals surface area (Å²) < 4.78 is 36.7. The van der Waals surface area contributed by atoms with Crippen molar-refractivity contribution in [2.24, 2.45) is 0 Å². The van der Waals surface area contributed by atoms with E-state index < -0.39 is 10.0 Å². The quantitative estimate of drug-likeness (QED) is 0.769. The molecular formula is C21H27N3O3S. The smallest absolute Gasteiger partial charge is 0.265 e. The monoisotopic (exact) mass is 401 g/mol. The van der Waals surface area contributed by atoms with Gasteiger partial charge in [-0.2, -0.15) is 5.10 Å². The van der Waals surface area contributed by atoms with Crippen molar-refractivity contribution in [1.29, 1.82) is 0 Å². The Labute approximate surface area is 166 Å². The Hall–Kier alpha value is -2.02. The molecule has 150 valence electrons. The maximum absolute atomic E-state index is 13.7. The van der Waals surface area contributed by atoms with Crippen LogP contribution in [0.3, 0.4) is 0 Å². The Morgan fingerprint density at radius 2 is 1.86 bits per heavy atom. The SMILES string of the molecule is Cc1cc2n(n1)C1(CCCCC1)CN2S(=O)(=O)c1ccc2c(c1)C(C)(C)CO2. The first-order chi connectivity index (χ1) is 13.2. The van der Waals surface area contributed by atoms with Gasteiger partial charge in [0, 0.05) is 17.0 Å². The number of nitrogens with zero attached hydrogens (tertiary/aromatic N) is 3. The van der Waals surface area contributed by atoms with Crippen LogP contribution in [0.2, 0.25) is 0 Å². The van der Waals surface area contributed by atoms with Gasteiger partial charge < -0.3 is 4.74 Å². The van der Waals surface area contributed by atoms with Crippen molar-refractivity contribution in [3.63, 3.8) is 0 Å². The predicted octanol–water partition coefficient (Wildman–Crippen LogP) is 3.73. The van der Waals surface area contributed by atoms with Crippen LogP contribution in [-0.2, 0) is 21.0 Å². The number of benzene rings is 1. The molecule has 1 saturated carbocycles. The van der Waals surface area contributed by atoms with Crippen molar-refractivity contribution in [1.82, 2.24) is 9.78 Å². The van der Waals surface area contributed by atoms with E-state index in [1.54, 1.807) is 22.5 Å². The lowest BCUT2D eigenvalue weighted by Gasteiger charge is -2.34. The molecule has 2 aliphatic heterocycles. The average Bonchev–Trinajstić information content (AvgIpc) is 3.28. The molecule has 1 fully saturated rings. The van der Waals surface area contributed by atoms with E-state index in [2.05, 4.69) is 13.8 Å². The second-order valence-electron chi connectivity index (χ2n) is 9.18. The van der Waals surface area contributed by atoms with Crippen LogP contribution in [0.25, 0.3) is 0 Å². The summed E-state index contributed by atoms with van der Waals surface area (Å²) in [6.07, 6.45) is 5.42. The average molecular weight is 402 g/mol.